The van der Waals surface area contributed by atoms with Crippen molar-refractivity contribution in [1.29, 1.82) is 0 Å². The second-order valence-corrected chi connectivity index (χ2v) is 5.74. The van der Waals surface area contributed by atoms with Gasteiger partial charge in [-0.3, -0.25) is 4.79 Å². The largest absolute Gasteiger partial charge is 0.308 e. The molecule has 2 aromatic carbocycles. The molecule has 3 heteroatoms. The monoisotopic (exact) mass is 292 g/mol. The average Bonchev–Trinajstić information content (AvgIpc) is 2.52. The first-order valence-corrected chi connectivity index (χ1v) is 7.49. The standard InChI is InChI=1S/C19H20N2O/c1-20(2)13-14-21-18-10-6-4-8-16(18)12-11-15-7-3-5-9-17(15)19(21)22/h3-12H,13-14H2,1-2H3/b12-11-. The second-order valence-electron chi connectivity index (χ2n) is 5.74. The van der Waals surface area contributed by atoms with Gasteiger partial charge >= 0.3 is 0 Å². The van der Waals surface area contributed by atoms with Crippen LogP contribution in [0.1, 0.15) is 21.5 Å². The van der Waals surface area contributed by atoms with Crippen LogP contribution in [0.5, 0.6) is 0 Å². The molecular formula is C19H20N2O. The molecule has 3 nitrogen and oxygen atoms in total. The van der Waals surface area contributed by atoms with Crippen LogP contribution >= 0.6 is 0 Å². The van der Waals surface area contributed by atoms with Gasteiger partial charge in [-0.1, -0.05) is 48.6 Å². The predicted molar refractivity (Wildman–Crippen MR) is 92.0 cm³/mol. The van der Waals surface area contributed by atoms with Crippen molar-refractivity contribution in [1.82, 2.24) is 4.90 Å². The zero-order valence-corrected chi connectivity index (χ0v) is 13.0. The lowest BCUT2D eigenvalue weighted by molar-refractivity contribution is 0.0985. The van der Waals surface area contributed by atoms with E-state index in [1.807, 2.05) is 67.5 Å². The van der Waals surface area contributed by atoms with Gasteiger partial charge in [0.15, 0.2) is 0 Å². The molecule has 3 rings (SSSR count). The summed E-state index contributed by atoms with van der Waals surface area (Å²) in [6.07, 6.45) is 4.11. The van der Waals surface area contributed by atoms with Crippen molar-refractivity contribution in [2.24, 2.45) is 0 Å². The maximum absolute atomic E-state index is 13.0. The molecule has 0 N–H and O–H groups in total. The molecular weight excluding hydrogens is 272 g/mol. The number of hydrogen-bond donors (Lipinski definition) is 0. The van der Waals surface area contributed by atoms with E-state index in [-0.39, 0.29) is 5.91 Å². The molecule has 112 valence electrons. The Kier molecular flexibility index (Phi) is 4.07. The smallest absolute Gasteiger partial charge is 0.258 e. The van der Waals surface area contributed by atoms with Gasteiger partial charge in [-0.05, 0) is 37.4 Å². The highest BCUT2D eigenvalue weighted by Gasteiger charge is 2.22. The van der Waals surface area contributed by atoms with Gasteiger partial charge in [-0.2, -0.15) is 0 Å². The number of likely N-dealkylation sites (N-methyl/N-ethyl adjacent to an activating group) is 1. The first-order chi connectivity index (χ1) is 10.7. The Hall–Kier alpha value is -2.39. The molecule has 0 spiro atoms. The summed E-state index contributed by atoms with van der Waals surface area (Å²) in [4.78, 5) is 17.0. The first kappa shape index (κ1) is 14.5. The number of benzene rings is 2. The van der Waals surface area contributed by atoms with E-state index in [0.717, 1.165) is 28.9 Å². The normalized spacial score (nSPS) is 15.0. The molecule has 0 saturated carbocycles. The molecule has 0 unspecified atom stereocenters. The number of anilines is 1. The molecule has 0 aromatic heterocycles. The van der Waals surface area contributed by atoms with Crippen LogP contribution in [0.3, 0.4) is 0 Å². The van der Waals surface area contributed by atoms with E-state index in [1.54, 1.807) is 0 Å². The number of amides is 1. The fraction of sp³-hybridized carbons (Fsp3) is 0.211. The molecule has 2 aromatic rings. The zero-order valence-electron chi connectivity index (χ0n) is 13.0. The quantitative estimate of drug-likeness (QED) is 0.866. The highest BCUT2D eigenvalue weighted by atomic mass is 16.2. The maximum Gasteiger partial charge on any atom is 0.258 e. The first-order valence-electron chi connectivity index (χ1n) is 7.49. The third-order valence-corrected chi connectivity index (χ3v) is 3.88. The molecule has 22 heavy (non-hydrogen) atoms. The van der Waals surface area contributed by atoms with E-state index in [0.29, 0.717) is 6.54 Å². The lowest BCUT2D eigenvalue weighted by Gasteiger charge is -2.28. The van der Waals surface area contributed by atoms with Crippen molar-refractivity contribution >= 4 is 23.7 Å². The summed E-state index contributed by atoms with van der Waals surface area (Å²) in [5, 5.41) is 0. The minimum absolute atomic E-state index is 0.0641. The van der Waals surface area contributed by atoms with Crippen LogP contribution in [0.15, 0.2) is 48.5 Å². The molecule has 0 saturated heterocycles. The van der Waals surface area contributed by atoms with Crippen molar-refractivity contribution in [2.75, 3.05) is 32.1 Å². The van der Waals surface area contributed by atoms with Crippen LogP contribution in [-0.2, 0) is 0 Å². The SMILES string of the molecule is CN(C)CCN1C(=O)c2ccccc2/C=C\c2ccccc21. The highest BCUT2D eigenvalue weighted by Crippen LogP contribution is 2.28. The Morgan fingerprint density at radius 3 is 2.32 bits per heavy atom. The van der Waals surface area contributed by atoms with E-state index < -0.39 is 0 Å². The fourth-order valence-corrected chi connectivity index (χ4v) is 2.67. The van der Waals surface area contributed by atoms with Gasteiger partial charge in [-0.15, -0.1) is 0 Å². The summed E-state index contributed by atoms with van der Waals surface area (Å²) in [5.74, 6) is 0.0641. The number of nitrogens with zero attached hydrogens (tertiary/aromatic N) is 2. The van der Waals surface area contributed by atoms with Crippen molar-refractivity contribution in [3.63, 3.8) is 0 Å². The lowest BCUT2D eigenvalue weighted by atomic mass is 10.0. The van der Waals surface area contributed by atoms with Gasteiger partial charge in [0.05, 0.1) is 5.69 Å². The molecule has 1 aliphatic rings. The van der Waals surface area contributed by atoms with Crippen LogP contribution in [-0.4, -0.2) is 38.0 Å². The van der Waals surface area contributed by atoms with E-state index in [1.165, 1.54) is 0 Å². The number of hydrogen-bond acceptors (Lipinski definition) is 2. The van der Waals surface area contributed by atoms with Gasteiger partial charge in [0.25, 0.3) is 5.91 Å². The minimum Gasteiger partial charge on any atom is -0.308 e. The lowest BCUT2D eigenvalue weighted by Crippen LogP contribution is -2.37. The predicted octanol–water partition coefficient (Wildman–Crippen LogP) is 3.38. The van der Waals surface area contributed by atoms with Crippen molar-refractivity contribution in [3.05, 3.63) is 65.2 Å². The Morgan fingerprint density at radius 2 is 1.55 bits per heavy atom. The summed E-state index contributed by atoms with van der Waals surface area (Å²) in [5.41, 5.74) is 3.77. The van der Waals surface area contributed by atoms with Gasteiger partial charge in [0.1, 0.15) is 0 Å². The molecule has 1 aliphatic heterocycles. The van der Waals surface area contributed by atoms with E-state index in [4.69, 9.17) is 0 Å². The Bertz CT molecular complexity index is 719. The molecule has 0 aliphatic carbocycles. The summed E-state index contributed by atoms with van der Waals surface area (Å²) >= 11 is 0. The third-order valence-electron chi connectivity index (χ3n) is 3.88. The number of rotatable bonds is 3. The Balaban J connectivity index is 2.11. The third kappa shape index (κ3) is 2.81. The number of carbonyl (C=O) groups excluding carboxylic acids is 1. The van der Waals surface area contributed by atoms with Crippen molar-refractivity contribution in [2.45, 2.75) is 0 Å². The molecule has 0 fully saturated rings. The number of carbonyl (C=O) groups is 1. The molecule has 0 atom stereocenters. The summed E-state index contributed by atoms with van der Waals surface area (Å²) in [6, 6.07) is 15.8. The summed E-state index contributed by atoms with van der Waals surface area (Å²) < 4.78 is 0. The van der Waals surface area contributed by atoms with Crippen LogP contribution in [0.2, 0.25) is 0 Å². The van der Waals surface area contributed by atoms with Crippen LogP contribution in [0, 0.1) is 0 Å². The van der Waals surface area contributed by atoms with Crippen molar-refractivity contribution in [3.8, 4) is 0 Å². The fourth-order valence-electron chi connectivity index (χ4n) is 2.67. The molecule has 0 radical (unpaired) electrons. The topological polar surface area (TPSA) is 23.6 Å². The molecule has 1 heterocycles. The van der Waals surface area contributed by atoms with Crippen LogP contribution in [0.4, 0.5) is 5.69 Å². The Morgan fingerprint density at radius 1 is 0.909 bits per heavy atom. The maximum atomic E-state index is 13.0. The zero-order chi connectivity index (χ0) is 15.5. The summed E-state index contributed by atoms with van der Waals surface area (Å²) in [6.45, 7) is 1.50. The minimum atomic E-state index is 0.0641. The van der Waals surface area contributed by atoms with Gasteiger partial charge in [0, 0.05) is 18.7 Å². The Labute approximate surface area is 131 Å². The highest BCUT2D eigenvalue weighted by molar-refractivity contribution is 6.10. The van der Waals surface area contributed by atoms with Gasteiger partial charge in [-0.25, -0.2) is 0 Å². The molecule has 0 bridgehead atoms. The van der Waals surface area contributed by atoms with Crippen LogP contribution < -0.4 is 4.90 Å². The summed E-state index contributed by atoms with van der Waals surface area (Å²) in [7, 11) is 4.04. The molecule has 1 amide bonds. The van der Waals surface area contributed by atoms with Crippen LogP contribution in [0.25, 0.3) is 12.2 Å². The van der Waals surface area contributed by atoms with Gasteiger partial charge in [0.2, 0.25) is 0 Å². The van der Waals surface area contributed by atoms with E-state index in [2.05, 4.69) is 17.0 Å². The van der Waals surface area contributed by atoms with Crippen molar-refractivity contribution < 1.29 is 4.79 Å². The average molecular weight is 292 g/mol. The second kappa shape index (κ2) is 6.16. The number of para-hydroxylation sites is 1. The van der Waals surface area contributed by atoms with Gasteiger partial charge < -0.3 is 9.80 Å². The van der Waals surface area contributed by atoms with E-state index >= 15 is 0 Å². The van der Waals surface area contributed by atoms with E-state index in [9.17, 15) is 4.79 Å². The number of fused-ring (bicyclic) bond motifs is 2.